The Hall–Kier alpha value is -4.58. The van der Waals surface area contributed by atoms with Crippen molar-refractivity contribution in [2.24, 2.45) is 10.7 Å². The van der Waals surface area contributed by atoms with Crippen molar-refractivity contribution in [2.45, 2.75) is 18.5 Å². The molecule has 1 atom stereocenters. The fourth-order valence-electron chi connectivity index (χ4n) is 5.51. The van der Waals surface area contributed by atoms with E-state index in [4.69, 9.17) is 22.3 Å². The van der Waals surface area contributed by atoms with Crippen molar-refractivity contribution in [1.29, 1.82) is 0 Å². The van der Waals surface area contributed by atoms with Gasteiger partial charge in [-0.25, -0.2) is 14.1 Å². The highest BCUT2D eigenvalue weighted by molar-refractivity contribution is 6.31. The monoisotopic (exact) mass is 602 g/mol. The number of nitrogens with two attached hydrogens (primary N) is 2. The number of hydrogen-bond acceptors (Lipinski definition) is 6. The molecular weight excluding hydrogens is 576 g/mol. The smallest absolute Gasteiger partial charge is 0.331 e. The van der Waals surface area contributed by atoms with Crippen molar-refractivity contribution in [2.75, 3.05) is 20.1 Å². The third-order valence-corrected chi connectivity index (χ3v) is 8.18. The van der Waals surface area contributed by atoms with Crippen molar-refractivity contribution in [3.05, 3.63) is 106 Å². The summed E-state index contributed by atoms with van der Waals surface area (Å²) >= 11 is 6.31. The number of benzene rings is 3. The zero-order chi connectivity index (χ0) is 30.3. The lowest BCUT2D eigenvalue weighted by molar-refractivity contribution is -0.487. The zero-order valence-corrected chi connectivity index (χ0v) is 23.8. The first-order valence-electron chi connectivity index (χ1n) is 13.6. The zero-order valence-electron chi connectivity index (χ0n) is 23.1. The average molecular weight is 603 g/mol. The van der Waals surface area contributed by atoms with Crippen LogP contribution in [-0.4, -0.2) is 58.1 Å². The minimum Gasteiger partial charge on any atom is -0.368 e. The number of carbonyl (C=O) groups is 2. The van der Waals surface area contributed by atoms with Crippen LogP contribution in [0.3, 0.4) is 0 Å². The number of nitrogens with one attached hydrogen (secondary N) is 1. The number of likely N-dealkylation sites (tertiary alicyclic amines) is 1. The van der Waals surface area contributed by atoms with Gasteiger partial charge in [-0.3, -0.25) is 14.6 Å². The Kier molecular flexibility index (Phi) is 7.47. The summed E-state index contributed by atoms with van der Waals surface area (Å²) in [6.07, 6.45) is 2.10. The number of halogens is 3. The van der Waals surface area contributed by atoms with E-state index in [9.17, 15) is 18.4 Å². The van der Waals surface area contributed by atoms with E-state index in [2.05, 4.69) is 15.3 Å². The Bertz CT molecular complexity index is 1780. The van der Waals surface area contributed by atoms with Gasteiger partial charge in [0.25, 0.3) is 5.91 Å². The van der Waals surface area contributed by atoms with Crippen LogP contribution < -0.4 is 16.4 Å². The lowest BCUT2D eigenvalue weighted by Gasteiger charge is -2.25. The third-order valence-electron chi connectivity index (χ3n) is 7.94. The molecule has 6 rings (SSSR count). The number of nitrogens with zero attached hydrogens (tertiary/aromatic N) is 4. The molecule has 43 heavy (non-hydrogen) atoms. The minimum atomic E-state index is -0.925. The molecule has 2 aliphatic heterocycles. The minimum absolute atomic E-state index is 0.114. The number of aromatic nitrogens is 2. The molecule has 12 heteroatoms. The summed E-state index contributed by atoms with van der Waals surface area (Å²) in [4.78, 5) is 40.5. The highest BCUT2D eigenvalue weighted by atomic mass is 35.5. The molecule has 1 aromatic heterocycles. The second kappa shape index (κ2) is 11.3. The molecule has 0 aliphatic carbocycles. The SMILES string of the molecule is CNC1(C(N)=O)CCN(C(=O)c2ccc([NH2+]c3ncc4c(n3)-c3ccc(Cl)cc3C(c3c(F)cccc3F)=NC4)cc2)C1. The van der Waals surface area contributed by atoms with Crippen LogP contribution in [0.25, 0.3) is 11.3 Å². The summed E-state index contributed by atoms with van der Waals surface area (Å²) < 4.78 is 29.6. The lowest BCUT2D eigenvalue weighted by Crippen LogP contribution is -2.72. The quantitative estimate of drug-likeness (QED) is 0.292. The number of fused-ring (bicyclic) bond motifs is 3. The second-order valence-electron chi connectivity index (χ2n) is 10.5. The van der Waals surface area contributed by atoms with Gasteiger partial charge in [-0.15, -0.1) is 0 Å². The first-order valence-corrected chi connectivity index (χ1v) is 13.9. The Labute approximate surface area is 250 Å². The first-order chi connectivity index (χ1) is 20.7. The molecule has 9 nitrogen and oxygen atoms in total. The van der Waals surface area contributed by atoms with Gasteiger partial charge in [0.15, 0.2) is 0 Å². The summed E-state index contributed by atoms with van der Waals surface area (Å²) in [5, 5.41) is 5.12. The predicted octanol–water partition coefficient (Wildman–Crippen LogP) is 3.24. The van der Waals surface area contributed by atoms with Gasteiger partial charge >= 0.3 is 5.95 Å². The molecular formula is C31H27ClF2N7O2+. The Morgan fingerprint density at radius 3 is 2.49 bits per heavy atom. The highest BCUT2D eigenvalue weighted by Gasteiger charge is 2.43. The number of rotatable bonds is 6. The number of aliphatic imine (C=N–C) groups is 1. The molecule has 1 fully saturated rings. The maximum Gasteiger partial charge on any atom is 0.331 e. The predicted molar refractivity (Wildman–Crippen MR) is 157 cm³/mol. The normalized spacial score (nSPS) is 17.6. The summed E-state index contributed by atoms with van der Waals surface area (Å²) in [6.45, 7) is 0.736. The number of carbonyl (C=O) groups excluding carboxylic acids is 2. The topological polar surface area (TPSA) is 130 Å². The number of quaternary nitrogens is 1. The molecule has 0 bridgehead atoms. The summed E-state index contributed by atoms with van der Waals surface area (Å²) in [6, 6.07) is 15.8. The number of amides is 2. The molecule has 0 radical (unpaired) electrons. The van der Waals surface area contributed by atoms with Crippen LogP contribution in [0.2, 0.25) is 5.02 Å². The van der Waals surface area contributed by atoms with Crippen LogP contribution in [0.1, 0.15) is 33.5 Å². The van der Waals surface area contributed by atoms with Crippen LogP contribution in [-0.2, 0) is 11.3 Å². The number of hydrogen-bond donors (Lipinski definition) is 3. The standard InChI is InChI=1S/C31H26ClF2N7O2/c1-36-31(29(35)43)11-12-41(16-31)28(42)17-5-8-20(9-6-17)39-30-38-15-18-14-37-27(25-23(33)3-2-4-24(25)34)22-13-19(32)7-10-21(22)26(18)40-30/h2-10,13,15,36H,11-12,14,16H2,1H3,(H2,35,43)(H,38,39,40)/p+1. The molecule has 218 valence electrons. The van der Waals surface area contributed by atoms with Gasteiger partial charge in [-0.2, -0.15) is 9.97 Å². The van der Waals surface area contributed by atoms with Crippen molar-refractivity contribution >= 4 is 40.8 Å². The molecule has 4 aromatic rings. The molecule has 2 amide bonds. The van der Waals surface area contributed by atoms with Crippen molar-refractivity contribution in [1.82, 2.24) is 20.2 Å². The average Bonchev–Trinajstić information content (AvgIpc) is 3.39. The van der Waals surface area contributed by atoms with Crippen LogP contribution in [0, 0.1) is 11.6 Å². The maximum absolute atomic E-state index is 14.8. The molecule has 3 aromatic carbocycles. The maximum atomic E-state index is 14.8. The van der Waals surface area contributed by atoms with Gasteiger partial charge in [0, 0.05) is 58.7 Å². The van der Waals surface area contributed by atoms with Crippen molar-refractivity contribution < 1.29 is 23.7 Å². The van der Waals surface area contributed by atoms with Crippen LogP contribution >= 0.6 is 11.6 Å². The van der Waals surface area contributed by atoms with Gasteiger partial charge in [0.05, 0.1) is 23.5 Å². The summed E-state index contributed by atoms with van der Waals surface area (Å²) in [5.41, 5.74) is 8.15. The number of likely N-dealkylation sites (N-methyl/N-ethyl adjacent to an activating group) is 1. The molecule has 1 unspecified atom stereocenters. The van der Waals surface area contributed by atoms with Gasteiger partial charge < -0.3 is 16.0 Å². The Balaban J connectivity index is 1.26. The second-order valence-corrected chi connectivity index (χ2v) is 10.9. The first kappa shape index (κ1) is 28.5. The Morgan fingerprint density at radius 2 is 1.81 bits per heavy atom. The molecule has 0 saturated carbocycles. The summed E-state index contributed by atoms with van der Waals surface area (Å²) in [5.74, 6) is -1.72. The van der Waals surface area contributed by atoms with Crippen molar-refractivity contribution in [3.63, 3.8) is 0 Å². The molecule has 3 heterocycles. The third kappa shape index (κ3) is 5.27. The molecule has 0 spiro atoms. The van der Waals surface area contributed by atoms with Crippen molar-refractivity contribution in [3.8, 4) is 11.3 Å². The van der Waals surface area contributed by atoms with Gasteiger partial charge in [-0.05, 0) is 49.9 Å². The van der Waals surface area contributed by atoms with E-state index >= 15 is 0 Å². The van der Waals surface area contributed by atoms with E-state index in [1.807, 2.05) is 0 Å². The number of primary amides is 1. The largest absolute Gasteiger partial charge is 0.368 e. The lowest BCUT2D eigenvalue weighted by atomic mass is 9.95. The molecule has 5 N–H and O–H groups in total. The molecule has 2 aliphatic rings. The van der Waals surface area contributed by atoms with Gasteiger partial charge in [0.1, 0.15) is 22.9 Å². The van der Waals surface area contributed by atoms with Crippen LogP contribution in [0.4, 0.5) is 20.4 Å². The van der Waals surface area contributed by atoms with Crippen LogP contribution in [0.5, 0.6) is 0 Å². The fourth-order valence-corrected chi connectivity index (χ4v) is 5.68. The van der Waals surface area contributed by atoms with E-state index < -0.39 is 23.1 Å². The summed E-state index contributed by atoms with van der Waals surface area (Å²) in [7, 11) is 1.66. The van der Waals surface area contributed by atoms with E-state index in [0.29, 0.717) is 51.9 Å². The van der Waals surface area contributed by atoms with Gasteiger partial charge in [0.2, 0.25) is 5.91 Å². The fraction of sp³-hybridized carbons (Fsp3) is 0.194. The van der Waals surface area contributed by atoms with Crippen LogP contribution in [0.15, 0.2) is 71.9 Å². The van der Waals surface area contributed by atoms with E-state index in [1.54, 1.807) is 65.9 Å². The van der Waals surface area contributed by atoms with E-state index in [-0.39, 0.29) is 30.3 Å². The molecule has 1 saturated heterocycles. The van der Waals surface area contributed by atoms with Gasteiger partial charge in [-0.1, -0.05) is 23.7 Å². The van der Waals surface area contributed by atoms with E-state index in [1.165, 1.54) is 18.2 Å². The Morgan fingerprint density at radius 1 is 1.07 bits per heavy atom. The highest BCUT2D eigenvalue weighted by Crippen LogP contribution is 2.34. The van der Waals surface area contributed by atoms with E-state index in [0.717, 1.165) is 5.69 Å².